The van der Waals surface area contributed by atoms with Gasteiger partial charge in [0.25, 0.3) is 0 Å². The molecule has 0 radical (unpaired) electrons. The number of hydrogen-bond donors (Lipinski definition) is 0. The fraction of sp³-hybridized carbons (Fsp3) is 0.385. The van der Waals surface area contributed by atoms with E-state index < -0.39 is 0 Å². The number of hydrogen-bond acceptors (Lipinski definition) is 5. The van der Waals surface area contributed by atoms with E-state index in [1.807, 2.05) is 12.1 Å². The number of benzene rings is 2. The molecular weight excluding hydrogens is 422 g/mol. The molecule has 0 amide bonds. The Labute approximate surface area is 194 Å². The molecule has 0 bridgehead atoms. The average Bonchev–Trinajstić information content (AvgIpc) is 3.28. The molecule has 2 aromatic carbocycles. The van der Waals surface area contributed by atoms with Gasteiger partial charge < -0.3 is 9.47 Å². The summed E-state index contributed by atoms with van der Waals surface area (Å²) < 4.78 is 11.5. The van der Waals surface area contributed by atoms with Gasteiger partial charge in [0.2, 0.25) is 0 Å². The van der Waals surface area contributed by atoms with E-state index in [2.05, 4.69) is 39.1 Å². The summed E-state index contributed by atoms with van der Waals surface area (Å²) in [5.41, 5.74) is 2.87. The van der Waals surface area contributed by atoms with Crippen LogP contribution >= 0.6 is 11.6 Å². The highest BCUT2D eigenvalue weighted by molar-refractivity contribution is 6.30. The van der Waals surface area contributed by atoms with Gasteiger partial charge in [-0.2, -0.15) is 9.97 Å². The second-order valence-electron chi connectivity index (χ2n) is 8.83. The Balaban J connectivity index is 1.05. The van der Waals surface area contributed by atoms with Crippen molar-refractivity contribution in [3.8, 4) is 17.5 Å². The molecule has 3 aromatic rings. The first-order valence-electron chi connectivity index (χ1n) is 11.4. The monoisotopic (exact) mass is 449 g/mol. The molecule has 1 saturated heterocycles. The van der Waals surface area contributed by atoms with Gasteiger partial charge in [-0.05, 0) is 79.9 Å². The standard InChI is InChI=1S/C26H28ClN3O2/c27-23-4-3-5-24(14-23)32-25-15-28-26(29-16-25)31-18-20-12-22(13-20)21-8-6-19(7-9-21)17-30-10-1-2-11-30/h3-9,14-16,20,22H,1-2,10-13,17-18H2/t20-,22+. The minimum absolute atomic E-state index is 0.387. The van der Waals surface area contributed by atoms with Crippen LogP contribution in [0.3, 0.4) is 0 Å². The maximum absolute atomic E-state index is 5.98. The van der Waals surface area contributed by atoms with Crippen molar-refractivity contribution in [3.63, 3.8) is 0 Å². The van der Waals surface area contributed by atoms with Crippen LogP contribution in [-0.4, -0.2) is 34.6 Å². The van der Waals surface area contributed by atoms with E-state index in [-0.39, 0.29) is 0 Å². The smallest absolute Gasteiger partial charge is 0.316 e. The van der Waals surface area contributed by atoms with Crippen LogP contribution in [0.1, 0.15) is 42.7 Å². The van der Waals surface area contributed by atoms with E-state index in [0.717, 1.165) is 19.4 Å². The van der Waals surface area contributed by atoms with Crippen molar-refractivity contribution >= 4 is 11.6 Å². The van der Waals surface area contributed by atoms with E-state index in [9.17, 15) is 0 Å². The lowest BCUT2D eigenvalue weighted by atomic mass is 9.72. The van der Waals surface area contributed by atoms with Crippen molar-refractivity contribution in [1.29, 1.82) is 0 Å². The molecule has 5 nitrogen and oxygen atoms in total. The summed E-state index contributed by atoms with van der Waals surface area (Å²) in [5.74, 6) is 2.39. The Bertz CT molecular complexity index is 1010. The number of halogens is 1. The van der Waals surface area contributed by atoms with Crippen LogP contribution in [0.4, 0.5) is 0 Å². The number of ether oxygens (including phenoxy) is 2. The molecule has 0 unspecified atom stereocenters. The predicted molar refractivity (Wildman–Crippen MR) is 125 cm³/mol. The summed E-state index contributed by atoms with van der Waals surface area (Å²) in [6, 6.07) is 16.9. The zero-order valence-corrected chi connectivity index (χ0v) is 18.9. The maximum atomic E-state index is 5.98. The largest absolute Gasteiger partial charge is 0.463 e. The quantitative estimate of drug-likeness (QED) is 0.416. The van der Waals surface area contributed by atoms with Gasteiger partial charge >= 0.3 is 6.01 Å². The average molecular weight is 450 g/mol. The van der Waals surface area contributed by atoms with Gasteiger partial charge in [0.15, 0.2) is 5.75 Å². The van der Waals surface area contributed by atoms with Crippen LogP contribution in [-0.2, 0) is 6.54 Å². The van der Waals surface area contributed by atoms with Gasteiger partial charge in [-0.25, -0.2) is 0 Å². The van der Waals surface area contributed by atoms with Gasteiger partial charge in [-0.3, -0.25) is 4.90 Å². The molecule has 2 fully saturated rings. The van der Waals surface area contributed by atoms with Gasteiger partial charge in [0.05, 0.1) is 19.0 Å². The molecule has 1 saturated carbocycles. The van der Waals surface area contributed by atoms with E-state index in [0.29, 0.717) is 41.0 Å². The molecule has 32 heavy (non-hydrogen) atoms. The summed E-state index contributed by atoms with van der Waals surface area (Å²) in [4.78, 5) is 11.1. The highest BCUT2D eigenvalue weighted by atomic mass is 35.5. The normalized spacial score (nSPS) is 20.7. The van der Waals surface area contributed by atoms with Gasteiger partial charge in [-0.1, -0.05) is 41.9 Å². The minimum atomic E-state index is 0.387. The highest BCUT2D eigenvalue weighted by Crippen LogP contribution is 2.41. The second-order valence-corrected chi connectivity index (χ2v) is 9.27. The summed E-state index contributed by atoms with van der Waals surface area (Å²) in [6.45, 7) is 4.23. The summed E-state index contributed by atoms with van der Waals surface area (Å²) >= 11 is 5.98. The van der Waals surface area contributed by atoms with Gasteiger partial charge in [-0.15, -0.1) is 0 Å². The summed E-state index contributed by atoms with van der Waals surface area (Å²) in [5, 5.41) is 0.625. The third-order valence-corrected chi connectivity index (χ3v) is 6.61. The van der Waals surface area contributed by atoms with E-state index in [1.54, 1.807) is 24.5 Å². The molecule has 166 valence electrons. The van der Waals surface area contributed by atoms with Crippen molar-refractivity contribution < 1.29 is 9.47 Å². The first-order valence-corrected chi connectivity index (χ1v) is 11.8. The van der Waals surface area contributed by atoms with Crippen molar-refractivity contribution in [2.24, 2.45) is 5.92 Å². The summed E-state index contributed by atoms with van der Waals surface area (Å²) in [7, 11) is 0. The van der Waals surface area contributed by atoms with Crippen molar-refractivity contribution in [2.75, 3.05) is 19.7 Å². The fourth-order valence-corrected chi connectivity index (χ4v) is 4.71. The number of likely N-dealkylation sites (tertiary alicyclic amines) is 1. The molecule has 1 aliphatic carbocycles. The molecule has 5 rings (SSSR count). The van der Waals surface area contributed by atoms with Crippen LogP contribution in [0.2, 0.25) is 5.02 Å². The lowest BCUT2D eigenvalue weighted by Crippen LogP contribution is -2.27. The van der Waals surface area contributed by atoms with E-state index in [4.69, 9.17) is 21.1 Å². The third kappa shape index (κ3) is 5.40. The Hall–Kier alpha value is -2.63. The van der Waals surface area contributed by atoms with E-state index >= 15 is 0 Å². The first-order chi connectivity index (χ1) is 15.7. The number of aromatic nitrogens is 2. The molecule has 6 heteroatoms. The zero-order valence-electron chi connectivity index (χ0n) is 18.1. The minimum Gasteiger partial charge on any atom is -0.463 e. The molecule has 1 aliphatic heterocycles. The Morgan fingerprint density at radius 1 is 0.938 bits per heavy atom. The lowest BCUT2D eigenvalue weighted by molar-refractivity contribution is 0.149. The van der Waals surface area contributed by atoms with Gasteiger partial charge in [0, 0.05) is 11.6 Å². The molecule has 0 spiro atoms. The SMILES string of the molecule is Clc1cccc(Oc2cnc(OC[C@H]3C[C@@H](c4ccc(CN5CCCC5)cc4)C3)nc2)c1. The zero-order chi connectivity index (χ0) is 21.8. The molecule has 0 N–H and O–H groups in total. The van der Waals surface area contributed by atoms with E-state index in [1.165, 1.54) is 37.1 Å². The Morgan fingerprint density at radius 2 is 1.69 bits per heavy atom. The van der Waals surface area contributed by atoms with Crippen LogP contribution in [0, 0.1) is 5.92 Å². The summed E-state index contributed by atoms with van der Waals surface area (Å²) in [6.07, 6.45) is 8.24. The Morgan fingerprint density at radius 3 is 2.41 bits per heavy atom. The van der Waals surface area contributed by atoms with Crippen molar-refractivity contribution in [3.05, 3.63) is 77.1 Å². The molecule has 1 aromatic heterocycles. The fourth-order valence-electron chi connectivity index (χ4n) is 4.53. The van der Waals surface area contributed by atoms with Crippen LogP contribution in [0.5, 0.6) is 17.5 Å². The molecular formula is C26H28ClN3O2. The topological polar surface area (TPSA) is 47.5 Å². The van der Waals surface area contributed by atoms with Crippen molar-refractivity contribution in [2.45, 2.75) is 38.1 Å². The van der Waals surface area contributed by atoms with Crippen LogP contribution in [0.15, 0.2) is 60.9 Å². The first kappa shape index (κ1) is 21.2. The second kappa shape index (κ2) is 9.88. The lowest BCUT2D eigenvalue weighted by Gasteiger charge is -2.35. The highest BCUT2D eigenvalue weighted by Gasteiger charge is 2.31. The maximum Gasteiger partial charge on any atom is 0.316 e. The Kier molecular flexibility index (Phi) is 6.56. The van der Waals surface area contributed by atoms with Crippen LogP contribution in [0.25, 0.3) is 0 Å². The van der Waals surface area contributed by atoms with Crippen LogP contribution < -0.4 is 9.47 Å². The third-order valence-electron chi connectivity index (χ3n) is 6.38. The molecule has 0 atom stereocenters. The number of rotatable bonds is 8. The number of nitrogens with zero attached hydrogens (tertiary/aromatic N) is 3. The predicted octanol–water partition coefficient (Wildman–Crippen LogP) is 6.09. The van der Waals surface area contributed by atoms with Gasteiger partial charge in [0.1, 0.15) is 5.75 Å². The molecule has 2 aliphatic rings. The van der Waals surface area contributed by atoms with Crippen molar-refractivity contribution in [1.82, 2.24) is 14.9 Å². The molecule has 2 heterocycles.